The Bertz CT molecular complexity index is 507. The highest BCUT2D eigenvalue weighted by Crippen LogP contribution is 2.26. The third kappa shape index (κ3) is 2.94. The second kappa shape index (κ2) is 6.07. The predicted molar refractivity (Wildman–Crippen MR) is 76.7 cm³/mol. The van der Waals surface area contributed by atoms with Crippen molar-refractivity contribution in [1.82, 2.24) is 9.55 Å². The average Bonchev–Trinajstić information content (AvgIpc) is 2.81. The van der Waals surface area contributed by atoms with Gasteiger partial charge in [0.15, 0.2) is 0 Å². The van der Waals surface area contributed by atoms with Gasteiger partial charge in [-0.1, -0.05) is 18.2 Å². The van der Waals surface area contributed by atoms with Gasteiger partial charge in [-0.3, -0.25) is 0 Å². The number of aromatic nitrogens is 2. The smallest absolute Gasteiger partial charge is 0.108 e. The summed E-state index contributed by atoms with van der Waals surface area (Å²) in [5, 5.41) is 0. The summed E-state index contributed by atoms with van der Waals surface area (Å²) < 4.78 is 2.05. The first kappa shape index (κ1) is 13.2. The third-order valence-corrected chi connectivity index (χ3v) is 3.95. The summed E-state index contributed by atoms with van der Waals surface area (Å²) in [5.41, 5.74) is 7.52. The van der Waals surface area contributed by atoms with Crippen molar-refractivity contribution in [2.75, 3.05) is 6.26 Å². The van der Waals surface area contributed by atoms with Crippen LogP contribution in [-0.4, -0.2) is 15.8 Å². The van der Waals surface area contributed by atoms with Crippen molar-refractivity contribution in [3.63, 3.8) is 0 Å². The van der Waals surface area contributed by atoms with E-state index in [1.165, 1.54) is 10.5 Å². The minimum Gasteiger partial charge on any atom is -0.338 e. The molecule has 0 fully saturated rings. The molecule has 2 N–H and O–H groups in total. The Labute approximate surface area is 112 Å². The lowest BCUT2D eigenvalue weighted by atomic mass is 10.0. The largest absolute Gasteiger partial charge is 0.338 e. The Hall–Kier alpha value is -1.26. The molecule has 2 aromatic rings. The fraction of sp³-hybridized carbons (Fsp3) is 0.357. The van der Waals surface area contributed by atoms with E-state index in [9.17, 15) is 0 Å². The molecule has 1 atom stereocenters. The van der Waals surface area contributed by atoms with Gasteiger partial charge in [-0.05, 0) is 24.3 Å². The summed E-state index contributed by atoms with van der Waals surface area (Å²) in [6.07, 6.45) is 7.72. The molecule has 0 aliphatic rings. The van der Waals surface area contributed by atoms with Crippen molar-refractivity contribution in [1.29, 1.82) is 0 Å². The molecule has 2 rings (SSSR count). The maximum atomic E-state index is 6.29. The Kier molecular flexibility index (Phi) is 4.44. The minimum absolute atomic E-state index is 0.0744. The number of hydrogen-bond acceptors (Lipinski definition) is 3. The van der Waals surface area contributed by atoms with Crippen LogP contribution < -0.4 is 5.73 Å². The Balaban J connectivity index is 2.03. The third-order valence-electron chi connectivity index (χ3n) is 3.14. The van der Waals surface area contributed by atoms with Crippen LogP contribution in [0.5, 0.6) is 0 Å². The molecular weight excluding hydrogens is 242 g/mol. The molecule has 0 saturated carbocycles. The highest BCUT2D eigenvalue weighted by molar-refractivity contribution is 7.98. The van der Waals surface area contributed by atoms with Crippen molar-refractivity contribution < 1.29 is 0 Å². The van der Waals surface area contributed by atoms with Crippen LogP contribution in [0.4, 0.5) is 0 Å². The zero-order valence-corrected chi connectivity index (χ0v) is 11.7. The van der Waals surface area contributed by atoms with Crippen molar-refractivity contribution in [3.05, 3.63) is 48.0 Å². The Morgan fingerprint density at radius 2 is 2.17 bits per heavy atom. The van der Waals surface area contributed by atoms with Crippen molar-refractivity contribution in [2.24, 2.45) is 12.8 Å². The first-order valence-electron chi connectivity index (χ1n) is 6.07. The van der Waals surface area contributed by atoms with E-state index < -0.39 is 0 Å². The highest BCUT2D eigenvalue weighted by Gasteiger charge is 2.11. The first-order chi connectivity index (χ1) is 8.72. The van der Waals surface area contributed by atoms with Gasteiger partial charge < -0.3 is 10.3 Å². The second-order valence-electron chi connectivity index (χ2n) is 4.34. The number of rotatable bonds is 5. The maximum absolute atomic E-state index is 6.29. The summed E-state index contributed by atoms with van der Waals surface area (Å²) in [6, 6.07) is 8.43. The fourth-order valence-electron chi connectivity index (χ4n) is 2.05. The second-order valence-corrected chi connectivity index (χ2v) is 5.19. The van der Waals surface area contributed by atoms with Gasteiger partial charge >= 0.3 is 0 Å². The first-order valence-corrected chi connectivity index (χ1v) is 7.29. The van der Waals surface area contributed by atoms with Gasteiger partial charge in [-0.25, -0.2) is 4.98 Å². The van der Waals surface area contributed by atoms with Crippen LogP contribution in [0, 0.1) is 0 Å². The number of nitrogens with two attached hydrogens (primary N) is 1. The normalized spacial score (nSPS) is 12.6. The number of benzene rings is 1. The summed E-state index contributed by atoms with van der Waals surface area (Å²) in [7, 11) is 2.02. The fourth-order valence-corrected chi connectivity index (χ4v) is 2.72. The molecule has 4 heteroatoms. The molecule has 0 spiro atoms. The monoisotopic (exact) mass is 261 g/mol. The Morgan fingerprint density at radius 1 is 1.39 bits per heavy atom. The van der Waals surface area contributed by atoms with E-state index in [0.717, 1.165) is 18.7 Å². The minimum atomic E-state index is 0.0744. The molecule has 1 aromatic heterocycles. The quantitative estimate of drug-likeness (QED) is 0.842. The van der Waals surface area contributed by atoms with Gasteiger partial charge in [0, 0.05) is 36.8 Å². The van der Waals surface area contributed by atoms with E-state index in [2.05, 4.69) is 35.5 Å². The molecule has 18 heavy (non-hydrogen) atoms. The van der Waals surface area contributed by atoms with Crippen LogP contribution >= 0.6 is 11.8 Å². The van der Waals surface area contributed by atoms with Gasteiger partial charge in [-0.2, -0.15) is 0 Å². The van der Waals surface area contributed by atoms with Crippen LogP contribution in [0.2, 0.25) is 0 Å². The van der Waals surface area contributed by atoms with Gasteiger partial charge in [0.25, 0.3) is 0 Å². The number of aryl methyl sites for hydroxylation is 2. The van der Waals surface area contributed by atoms with E-state index in [4.69, 9.17) is 5.73 Å². The predicted octanol–water partition coefficient (Wildman–Crippen LogP) is 2.77. The van der Waals surface area contributed by atoms with Crippen LogP contribution in [-0.2, 0) is 13.5 Å². The molecule has 1 aromatic carbocycles. The van der Waals surface area contributed by atoms with E-state index in [0.29, 0.717) is 0 Å². The highest BCUT2D eigenvalue weighted by atomic mass is 32.2. The molecule has 0 amide bonds. The van der Waals surface area contributed by atoms with Gasteiger partial charge in [-0.15, -0.1) is 11.8 Å². The van der Waals surface area contributed by atoms with Crippen LogP contribution in [0.25, 0.3) is 0 Å². The topological polar surface area (TPSA) is 43.8 Å². The molecule has 96 valence electrons. The number of imidazole rings is 1. The van der Waals surface area contributed by atoms with Crippen LogP contribution in [0.15, 0.2) is 41.6 Å². The summed E-state index contributed by atoms with van der Waals surface area (Å²) in [4.78, 5) is 5.59. The van der Waals surface area contributed by atoms with Crippen molar-refractivity contribution in [2.45, 2.75) is 23.8 Å². The molecule has 0 aliphatic carbocycles. The van der Waals surface area contributed by atoms with Crippen molar-refractivity contribution >= 4 is 11.8 Å². The standard InChI is InChI=1S/C14H19N3S/c1-17-10-9-16-14(17)8-7-12(15)11-5-3-4-6-13(11)18-2/h3-6,9-10,12H,7-8,15H2,1-2H3. The molecule has 1 unspecified atom stereocenters. The molecule has 0 bridgehead atoms. The van der Waals surface area contributed by atoms with E-state index in [-0.39, 0.29) is 6.04 Å². The average molecular weight is 261 g/mol. The Morgan fingerprint density at radius 3 is 2.83 bits per heavy atom. The number of thioether (sulfide) groups is 1. The molecule has 3 nitrogen and oxygen atoms in total. The van der Waals surface area contributed by atoms with E-state index in [1.807, 2.05) is 24.0 Å². The van der Waals surface area contributed by atoms with E-state index in [1.54, 1.807) is 11.8 Å². The number of hydrogen-bond donors (Lipinski definition) is 1. The zero-order chi connectivity index (χ0) is 13.0. The summed E-state index contributed by atoms with van der Waals surface area (Å²) >= 11 is 1.75. The maximum Gasteiger partial charge on any atom is 0.108 e. The molecule has 0 saturated heterocycles. The van der Waals surface area contributed by atoms with Gasteiger partial charge in [0.05, 0.1) is 0 Å². The van der Waals surface area contributed by atoms with Crippen LogP contribution in [0.3, 0.4) is 0 Å². The SMILES string of the molecule is CSc1ccccc1C(N)CCc1nccn1C. The molecule has 0 aliphatic heterocycles. The van der Waals surface area contributed by atoms with Crippen molar-refractivity contribution in [3.8, 4) is 0 Å². The van der Waals surface area contributed by atoms with Gasteiger partial charge in [0.2, 0.25) is 0 Å². The number of nitrogens with zero attached hydrogens (tertiary/aromatic N) is 2. The molecule has 1 heterocycles. The zero-order valence-electron chi connectivity index (χ0n) is 10.8. The lowest BCUT2D eigenvalue weighted by molar-refractivity contribution is 0.613. The molecular formula is C14H19N3S. The summed E-state index contributed by atoms with van der Waals surface area (Å²) in [5.74, 6) is 1.09. The van der Waals surface area contributed by atoms with E-state index >= 15 is 0 Å². The lowest BCUT2D eigenvalue weighted by Gasteiger charge is -2.15. The van der Waals surface area contributed by atoms with Gasteiger partial charge in [0.1, 0.15) is 5.82 Å². The van der Waals surface area contributed by atoms with Crippen LogP contribution in [0.1, 0.15) is 23.9 Å². The lowest BCUT2D eigenvalue weighted by Crippen LogP contribution is -2.13. The molecule has 0 radical (unpaired) electrons. The summed E-state index contributed by atoms with van der Waals surface area (Å²) in [6.45, 7) is 0.